The molecule has 0 fully saturated rings. The number of hydrogen-bond donors (Lipinski definition) is 4. The Morgan fingerprint density at radius 2 is 1.31 bits per heavy atom. The summed E-state index contributed by atoms with van der Waals surface area (Å²) in [4.78, 5) is 57.1. The Balaban J connectivity index is -0.000000524. The Morgan fingerprint density at radius 1 is 0.810 bits per heavy atom. The summed E-state index contributed by atoms with van der Waals surface area (Å²) in [6, 6.07) is -0.146. The number of nitrogens with one attached hydrogen (secondary N) is 4. The third-order valence-corrected chi connectivity index (χ3v) is 6.14. The summed E-state index contributed by atoms with van der Waals surface area (Å²) in [5, 5.41) is 8.24. The number of aromatic amines is 1. The number of carbonyl (C=O) groups excluding carboxylic acids is 3. The van der Waals surface area contributed by atoms with Gasteiger partial charge in [0.2, 0.25) is 11.8 Å². The van der Waals surface area contributed by atoms with Gasteiger partial charge in [0.05, 0.1) is 6.04 Å². The van der Waals surface area contributed by atoms with Gasteiger partial charge in [-0.1, -0.05) is 64.6 Å². The molecule has 0 radical (unpaired) electrons. The first-order chi connectivity index (χ1) is 18.8. The molecule has 0 saturated carbocycles. The van der Waals surface area contributed by atoms with E-state index in [0.717, 1.165) is 30.3 Å². The van der Waals surface area contributed by atoms with Crippen molar-refractivity contribution in [1.82, 2.24) is 45.9 Å². The van der Waals surface area contributed by atoms with Gasteiger partial charge in [-0.3, -0.25) is 14.4 Å². The van der Waals surface area contributed by atoms with E-state index in [0.29, 0.717) is 25.7 Å². The Bertz CT molecular complexity index is 913. The minimum atomic E-state index is -0.146. The largest absolute Gasteiger partial charge is 2.00 e. The molecule has 0 unspecified atom stereocenters. The number of hydrogen-bond acceptors (Lipinski definition) is 7. The van der Waals surface area contributed by atoms with Crippen molar-refractivity contribution >= 4 is 17.6 Å². The number of carbonyl (C=O) groups is 3. The second kappa shape index (κ2) is 26.1. The van der Waals surface area contributed by atoms with Crippen LogP contribution in [0.15, 0.2) is 37.2 Å². The first kappa shape index (κ1) is 43.9. The second-order valence-corrected chi connectivity index (χ2v) is 8.69. The third kappa shape index (κ3) is 16.8. The van der Waals surface area contributed by atoms with E-state index in [2.05, 4.69) is 45.9 Å². The Morgan fingerprint density at radius 3 is 1.67 bits per heavy atom. The zero-order valence-corrected chi connectivity index (χ0v) is 31.2. The van der Waals surface area contributed by atoms with E-state index in [1.54, 1.807) is 58.3 Å². The smallest absolute Gasteiger partial charge is 0.446 e. The maximum absolute atomic E-state index is 11.4. The first-order valence-corrected chi connectivity index (χ1v) is 13.3. The zero-order chi connectivity index (χ0) is 29.0. The zero-order valence-electron chi connectivity index (χ0n) is 25.3. The summed E-state index contributed by atoms with van der Waals surface area (Å²) in [6.45, 7) is 5.85. The molecule has 0 bridgehead atoms. The summed E-state index contributed by atoms with van der Waals surface area (Å²) in [5.41, 5.74) is 0. The van der Waals surface area contributed by atoms with Crippen molar-refractivity contribution in [2.45, 2.75) is 72.8 Å². The number of rotatable bonds is 13. The molecular weight excluding hydrogens is 641 g/mol. The SMILES string of the molecule is C.CCC(=O)[C@H](Cc1ncc[n-]1)NC.CC[C@@H](Cc1ncc[n-]1)C(=O)NC.CC[C@@H](Cc1ncc[nH]1)C(=O)NC.[Zn+2].[Zn]. The molecule has 0 saturated heterocycles. The molecular formula is C28H47N9O3Zn2. The van der Waals surface area contributed by atoms with Crippen LogP contribution in [-0.2, 0) is 72.6 Å². The molecule has 0 spiro atoms. The van der Waals surface area contributed by atoms with Gasteiger partial charge in [-0.05, 0) is 32.7 Å². The van der Waals surface area contributed by atoms with E-state index in [1.165, 1.54) is 0 Å². The average molecular weight is 689 g/mol. The molecule has 0 aliphatic heterocycles. The number of H-pyrrole nitrogens is 1. The van der Waals surface area contributed by atoms with Crippen molar-refractivity contribution in [3.05, 3.63) is 54.7 Å². The number of likely N-dealkylation sites (N-methyl/N-ethyl adjacent to an activating group) is 1. The summed E-state index contributed by atoms with van der Waals surface area (Å²) >= 11 is 0. The summed E-state index contributed by atoms with van der Waals surface area (Å²) < 4.78 is 0. The fraction of sp³-hybridized carbons (Fsp3) is 0.571. The first-order valence-electron chi connectivity index (χ1n) is 13.3. The quantitative estimate of drug-likeness (QED) is 0.196. The van der Waals surface area contributed by atoms with Crippen LogP contribution < -0.4 is 25.9 Å². The monoisotopic (exact) mass is 685 g/mol. The molecule has 226 valence electrons. The number of ketones is 1. The van der Waals surface area contributed by atoms with Gasteiger partial charge >= 0.3 is 19.5 Å². The van der Waals surface area contributed by atoms with Gasteiger partial charge < -0.3 is 40.9 Å². The second-order valence-electron chi connectivity index (χ2n) is 8.69. The molecule has 0 aromatic carbocycles. The average Bonchev–Trinajstić information content (AvgIpc) is 3.77. The Hall–Kier alpha value is -2.55. The van der Waals surface area contributed by atoms with Crippen molar-refractivity contribution in [2.75, 3.05) is 21.1 Å². The topological polar surface area (TPSA) is 170 Å². The van der Waals surface area contributed by atoms with Crippen LogP contribution in [-0.4, -0.2) is 64.7 Å². The van der Waals surface area contributed by atoms with Gasteiger partial charge in [0.1, 0.15) is 11.6 Å². The van der Waals surface area contributed by atoms with E-state index >= 15 is 0 Å². The number of Topliss-reactive ketones (excluding diaryl/α,β-unsaturated/α-hetero) is 1. The maximum Gasteiger partial charge on any atom is 2.00 e. The van der Waals surface area contributed by atoms with Crippen molar-refractivity contribution in [3.8, 4) is 0 Å². The van der Waals surface area contributed by atoms with Gasteiger partial charge in [-0.2, -0.15) is 0 Å². The van der Waals surface area contributed by atoms with E-state index in [4.69, 9.17) is 0 Å². The van der Waals surface area contributed by atoms with Crippen molar-refractivity contribution in [3.63, 3.8) is 0 Å². The van der Waals surface area contributed by atoms with Crippen molar-refractivity contribution in [1.29, 1.82) is 0 Å². The minimum Gasteiger partial charge on any atom is -0.446 e. The van der Waals surface area contributed by atoms with Crippen LogP contribution in [0.2, 0.25) is 0 Å². The fourth-order valence-corrected chi connectivity index (χ4v) is 3.68. The molecule has 4 N–H and O–H groups in total. The fourth-order valence-electron chi connectivity index (χ4n) is 3.68. The van der Waals surface area contributed by atoms with Crippen molar-refractivity contribution in [2.24, 2.45) is 11.8 Å². The van der Waals surface area contributed by atoms with Crippen LogP contribution in [0.25, 0.3) is 0 Å². The number of amides is 2. The van der Waals surface area contributed by atoms with Gasteiger partial charge in [-0.15, -0.1) is 0 Å². The van der Waals surface area contributed by atoms with Crippen LogP contribution in [0.1, 0.15) is 64.9 Å². The molecule has 3 aromatic heterocycles. The van der Waals surface area contributed by atoms with E-state index < -0.39 is 0 Å². The molecule has 14 heteroatoms. The normalized spacial score (nSPS) is 11.7. The molecule has 0 aliphatic rings. The van der Waals surface area contributed by atoms with Crippen LogP contribution >= 0.6 is 0 Å². The molecule has 42 heavy (non-hydrogen) atoms. The standard InChI is InChI=1S/C9H14N3O.2C9H15N3O.CH4.2Zn/c1-3-8(13)7(10-2)6-9-11-4-5-12-9;2*1-3-7(9(13)10-2)6-8-11-4-5-12-8;;;/h4-5,7,10H,3,6H2,1-2H3;4-5,7H,3,6H2,1-2H3,(H,10,13)(H,11,12);4-5,7H,3,6H2,1-2H3,(H2,10,11,12,13);1H4;;/q-1;;;;;+2/p-1/t3*7-;;;/m000.../s1. The summed E-state index contributed by atoms with van der Waals surface area (Å²) in [7, 11) is 5.09. The van der Waals surface area contributed by atoms with Crippen LogP contribution in [0.4, 0.5) is 0 Å². The molecule has 3 heterocycles. The molecule has 3 rings (SSSR count). The molecule has 3 aromatic rings. The Kier molecular flexibility index (Phi) is 27.3. The predicted molar refractivity (Wildman–Crippen MR) is 155 cm³/mol. The van der Waals surface area contributed by atoms with Crippen LogP contribution in [0.3, 0.4) is 0 Å². The van der Waals surface area contributed by atoms with Crippen LogP contribution in [0, 0.1) is 11.8 Å². The molecule has 2 amide bonds. The van der Waals surface area contributed by atoms with E-state index in [9.17, 15) is 14.4 Å². The number of aromatic nitrogens is 6. The Labute approximate surface area is 276 Å². The molecule has 12 nitrogen and oxygen atoms in total. The maximum atomic E-state index is 11.4. The van der Waals surface area contributed by atoms with Gasteiger partial charge in [0.25, 0.3) is 0 Å². The predicted octanol–water partition coefficient (Wildman–Crippen LogP) is 1.86. The minimum absolute atomic E-state index is 0. The van der Waals surface area contributed by atoms with E-state index in [1.807, 2.05) is 20.8 Å². The molecule has 0 aliphatic carbocycles. The molecule has 3 atom stereocenters. The van der Waals surface area contributed by atoms with Crippen LogP contribution in [0.5, 0.6) is 0 Å². The van der Waals surface area contributed by atoms with E-state index in [-0.39, 0.29) is 81.9 Å². The van der Waals surface area contributed by atoms with Gasteiger partial charge in [0.15, 0.2) is 0 Å². The van der Waals surface area contributed by atoms with Crippen molar-refractivity contribution < 1.29 is 53.3 Å². The van der Waals surface area contributed by atoms with Gasteiger partial charge in [0, 0.05) is 70.6 Å². The third-order valence-electron chi connectivity index (χ3n) is 6.14. The number of nitrogens with zero attached hydrogens (tertiary/aromatic N) is 5. The summed E-state index contributed by atoms with van der Waals surface area (Å²) in [6.07, 6.45) is 14.1. The number of imidazole rings is 3. The van der Waals surface area contributed by atoms with Gasteiger partial charge in [-0.25, -0.2) is 4.98 Å². The summed E-state index contributed by atoms with van der Waals surface area (Å²) in [5.74, 6) is 2.70.